The van der Waals surface area contributed by atoms with Crippen LogP contribution in [0.5, 0.6) is 0 Å². The molecule has 3 aromatic heterocycles. The first-order valence-electron chi connectivity index (χ1n) is 7.98. The number of hydrogen-bond donors (Lipinski definition) is 0. The first kappa shape index (κ1) is 14.5. The van der Waals surface area contributed by atoms with Gasteiger partial charge in [-0.2, -0.15) is 0 Å². The highest BCUT2D eigenvalue weighted by atomic mass is 14.9. The molecule has 24 heavy (non-hydrogen) atoms. The van der Waals surface area contributed by atoms with Crippen molar-refractivity contribution in [2.45, 2.75) is 6.92 Å². The second kappa shape index (κ2) is 5.85. The summed E-state index contributed by atoms with van der Waals surface area (Å²) in [7, 11) is 2.08. The Kier molecular flexibility index (Phi) is 3.54. The normalized spacial score (nSPS) is 10.9. The number of benzene rings is 1. The highest BCUT2D eigenvalue weighted by Gasteiger charge is 2.17. The first-order chi connectivity index (χ1) is 11.7. The van der Waals surface area contributed by atoms with Gasteiger partial charge in [-0.1, -0.05) is 12.1 Å². The number of nitrogens with zero attached hydrogens (tertiary/aromatic N) is 3. The Labute approximate surface area is 141 Å². The van der Waals surface area contributed by atoms with Crippen LogP contribution in [0.3, 0.4) is 0 Å². The maximum atomic E-state index is 4.31. The summed E-state index contributed by atoms with van der Waals surface area (Å²) in [6.07, 6.45) is 9.59. The summed E-state index contributed by atoms with van der Waals surface area (Å²) in [6.45, 7) is 2.12. The number of rotatable bonds is 2. The van der Waals surface area contributed by atoms with Gasteiger partial charge in [-0.05, 0) is 47.7 Å². The number of pyridine rings is 3. The molecule has 116 valence electrons. The van der Waals surface area contributed by atoms with E-state index in [9.17, 15) is 0 Å². The number of aryl methyl sites for hydroxylation is 2. The zero-order chi connectivity index (χ0) is 16.5. The Bertz CT molecular complexity index is 1020. The van der Waals surface area contributed by atoms with Crippen LogP contribution in [0.1, 0.15) is 5.56 Å². The van der Waals surface area contributed by atoms with Crippen molar-refractivity contribution in [3.05, 3.63) is 79.0 Å². The Morgan fingerprint density at radius 1 is 0.875 bits per heavy atom. The average Bonchev–Trinajstić information content (AvgIpc) is 2.63. The van der Waals surface area contributed by atoms with Crippen LogP contribution in [0.2, 0.25) is 0 Å². The Hall–Kier alpha value is -3.07. The average molecular weight is 312 g/mol. The van der Waals surface area contributed by atoms with E-state index in [1.54, 1.807) is 6.20 Å². The summed E-state index contributed by atoms with van der Waals surface area (Å²) < 4.78 is 2.16. The molecule has 1 aromatic carbocycles. The first-order valence-corrected chi connectivity index (χ1v) is 7.98. The quantitative estimate of drug-likeness (QED) is 0.522. The molecular formula is C21H18N3+. The third kappa shape index (κ3) is 2.44. The SMILES string of the molecule is Cc1ccncc1-c1c2ccc(-c3cccnc3)cc2cc[n+]1C. The molecule has 0 bridgehead atoms. The van der Waals surface area contributed by atoms with Crippen LogP contribution in [-0.2, 0) is 7.05 Å². The van der Waals surface area contributed by atoms with Crippen LogP contribution in [0.15, 0.2) is 73.4 Å². The largest absolute Gasteiger partial charge is 0.264 e. The lowest BCUT2D eigenvalue weighted by Crippen LogP contribution is -2.30. The highest BCUT2D eigenvalue weighted by molar-refractivity contribution is 5.95. The molecule has 0 saturated carbocycles. The molecule has 0 amide bonds. The summed E-state index contributed by atoms with van der Waals surface area (Å²) >= 11 is 0. The molecule has 0 unspecified atom stereocenters. The van der Waals surface area contributed by atoms with Gasteiger partial charge >= 0.3 is 0 Å². The van der Waals surface area contributed by atoms with Gasteiger partial charge in [-0.15, -0.1) is 0 Å². The fraction of sp³-hybridized carbons (Fsp3) is 0.0952. The molecular weight excluding hydrogens is 294 g/mol. The van der Waals surface area contributed by atoms with Gasteiger partial charge in [-0.3, -0.25) is 9.97 Å². The van der Waals surface area contributed by atoms with E-state index in [0.29, 0.717) is 0 Å². The minimum absolute atomic E-state index is 1.13. The van der Waals surface area contributed by atoms with Crippen molar-refractivity contribution < 1.29 is 4.57 Å². The molecule has 0 radical (unpaired) electrons. The molecule has 0 aliphatic heterocycles. The monoisotopic (exact) mass is 312 g/mol. The molecule has 0 N–H and O–H groups in total. The van der Waals surface area contributed by atoms with Crippen LogP contribution in [-0.4, -0.2) is 9.97 Å². The number of hydrogen-bond acceptors (Lipinski definition) is 2. The molecule has 0 saturated heterocycles. The van der Waals surface area contributed by atoms with E-state index >= 15 is 0 Å². The van der Waals surface area contributed by atoms with Gasteiger partial charge in [-0.25, -0.2) is 4.57 Å². The van der Waals surface area contributed by atoms with Crippen LogP contribution in [0.4, 0.5) is 0 Å². The summed E-state index contributed by atoms with van der Waals surface area (Å²) in [5, 5.41) is 2.44. The number of aromatic nitrogens is 3. The fourth-order valence-corrected chi connectivity index (χ4v) is 3.13. The summed E-state index contributed by atoms with van der Waals surface area (Å²) in [6, 6.07) is 14.8. The molecule has 4 rings (SSSR count). The van der Waals surface area contributed by atoms with E-state index in [1.165, 1.54) is 33.2 Å². The van der Waals surface area contributed by atoms with E-state index in [0.717, 1.165) is 5.56 Å². The maximum Gasteiger partial charge on any atom is 0.221 e. The second-order valence-corrected chi connectivity index (χ2v) is 6.01. The van der Waals surface area contributed by atoms with Gasteiger partial charge in [0.1, 0.15) is 7.05 Å². The molecule has 0 fully saturated rings. The van der Waals surface area contributed by atoms with Crippen molar-refractivity contribution in [3.63, 3.8) is 0 Å². The minimum Gasteiger partial charge on any atom is -0.264 e. The lowest BCUT2D eigenvalue weighted by Gasteiger charge is -2.09. The van der Waals surface area contributed by atoms with Gasteiger partial charge in [0, 0.05) is 36.4 Å². The predicted octanol–water partition coefficient (Wildman–Crippen LogP) is 4.10. The predicted molar refractivity (Wildman–Crippen MR) is 96.3 cm³/mol. The van der Waals surface area contributed by atoms with Gasteiger partial charge in [0.15, 0.2) is 6.20 Å². The molecule has 0 atom stereocenters. The van der Waals surface area contributed by atoms with E-state index in [1.807, 2.05) is 24.7 Å². The summed E-state index contributed by atoms with van der Waals surface area (Å²) in [4.78, 5) is 8.53. The van der Waals surface area contributed by atoms with E-state index in [-0.39, 0.29) is 0 Å². The molecule has 3 heterocycles. The zero-order valence-corrected chi connectivity index (χ0v) is 13.8. The van der Waals surface area contributed by atoms with Crippen molar-refractivity contribution >= 4 is 10.8 Å². The standard InChI is InChI=1S/C21H18N3/c1-15-7-10-23-14-20(15)21-19-6-5-16(18-4-3-9-22-13-18)12-17(19)8-11-24(21)2/h3-14H,1-2H3/q+1. The summed E-state index contributed by atoms with van der Waals surface area (Å²) in [5.74, 6) is 0. The molecule has 3 nitrogen and oxygen atoms in total. The lowest BCUT2D eigenvalue weighted by atomic mass is 9.98. The van der Waals surface area contributed by atoms with Crippen molar-refractivity contribution in [1.82, 2.24) is 9.97 Å². The molecule has 0 spiro atoms. The van der Waals surface area contributed by atoms with Gasteiger partial charge in [0.05, 0.1) is 10.9 Å². The van der Waals surface area contributed by atoms with Crippen molar-refractivity contribution in [1.29, 1.82) is 0 Å². The van der Waals surface area contributed by atoms with Gasteiger partial charge in [0.25, 0.3) is 0 Å². The van der Waals surface area contributed by atoms with Crippen LogP contribution in [0.25, 0.3) is 33.2 Å². The van der Waals surface area contributed by atoms with E-state index in [4.69, 9.17) is 0 Å². The number of fused-ring (bicyclic) bond motifs is 1. The van der Waals surface area contributed by atoms with Crippen molar-refractivity contribution in [2.24, 2.45) is 7.05 Å². The Balaban J connectivity index is 1.96. The minimum atomic E-state index is 1.13. The maximum absolute atomic E-state index is 4.31. The van der Waals surface area contributed by atoms with Crippen LogP contribution in [0, 0.1) is 6.92 Å². The van der Waals surface area contributed by atoms with Gasteiger partial charge < -0.3 is 0 Å². The topological polar surface area (TPSA) is 29.7 Å². The smallest absolute Gasteiger partial charge is 0.221 e. The highest BCUT2D eigenvalue weighted by Crippen LogP contribution is 2.30. The Morgan fingerprint density at radius 2 is 1.75 bits per heavy atom. The van der Waals surface area contributed by atoms with Crippen molar-refractivity contribution in [2.75, 3.05) is 0 Å². The second-order valence-electron chi connectivity index (χ2n) is 6.01. The van der Waals surface area contributed by atoms with Gasteiger partial charge in [0.2, 0.25) is 5.69 Å². The van der Waals surface area contributed by atoms with Crippen molar-refractivity contribution in [3.8, 4) is 22.4 Å². The molecule has 4 aromatic rings. The Morgan fingerprint density at radius 3 is 2.54 bits per heavy atom. The molecule has 0 aliphatic rings. The van der Waals surface area contributed by atoms with E-state index < -0.39 is 0 Å². The lowest BCUT2D eigenvalue weighted by molar-refractivity contribution is -0.659. The zero-order valence-electron chi connectivity index (χ0n) is 13.8. The molecule has 0 aliphatic carbocycles. The molecule has 3 heteroatoms. The third-order valence-electron chi connectivity index (χ3n) is 4.43. The van der Waals surface area contributed by atoms with E-state index in [2.05, 4.69) is 71.1 Å². The fourth-order valence-electron chi connectivity index (χ4n) is 3.13. The van der Waals surface area contributed by atoms with Crippen LogP contribution < -0.4 is 4.57 Å². The van der Waals surface area contributed by atoms with Crippen LogP contribution >= 0.6 is 0 Å². The third-order valence-corrected chi connectivity index (χ3v) is 4.43. The summed E-state index contributed by atoms with van der Waals surface area (Å²) in [5.41, 5.74) is 5.89.